The summed E-state index contributed by atoms with van der Waals surface area (Å²) in [6, 6.07) is 16.4. The summed E-state index contributed by atoms with van der Waals surface area (Å²) in [6.45, 7) is 0.348. The van der Waals surface area contributed by atoms with Crippen LogP contribution in [-0.2, 0) is 11.3 Å². The van der Waals surface area contributed by atoms with Crippen LogP contribution in [0.25, 0.3) is 11.1 Å². The Labute approximate surface area is 148 Å². The Hall–Kier alpha value is -1.42. The average molecular weight is 348 g/mol. The number of hydrogen-bond acceptors (Lipinski definition) is 2. The number of ether oxygens (including phenoxy) is 1. The van der Waals surface area contributed by atoms with Gasteiger partial charge in [-0.05, 0) is 42.9 Å². The molecule has 0 spiro atoms. The van der Waals surface area contributed by atoms with Gasteiger partial charge in [0, 0.05) is 17.6 Å². The van der Waals surface area contributed by atoms with Gasteiger partial charge >= 0.3 is 0 Å². The zero-order valence-electron chi connectivity index (χ0n) is 13.6. The zero-order chi connectivity index (χ0) is 15.6. The number of piperidine rings is 1. The third-order valence-electron chi connectivity index (χ3n) is 5.10. The Balaban J connectivity index is 0.00000169. The van der Waals surface area contributed by atoms with Gasteiger partial charge in [0.05, 0.1) is 12.7 Å². The first-order chi connectivity index (χ1) is 11.3. The summed E-state index contributed by atoms with van der Waals surface area (Å²) >= 11 is 0. The summed E-state index contributed by atoms with van der Waals surface area (Å²) in [7, 11) is 0. The molecular weight excluding hydrogens is 325 g/mol. The maximum Gasteiger partial charge on any atom is 0.129 e. The first kappa shape index (κ1) is 17.4. The minimum atomic E-state index is -0.178. The average Bonchev–Trinajstić information content (AvgIpc) is 2.93. The minimum absolute atomic E-state index is 0. The van der Waals surface area contributed by atoms with Crippen molar-refractivity contribution in [1.29, 1.82) is 0 Å². The number of nitrogens with one attached hydrogen (secondary N) is 1. The number of hydrogen-bond donors (Lipinski definition) is 1. The van der Waals surface area contributed by atoms with Crippen molar-refractivity contribution in [2.45, 2.75) is 50.5 Å². The van der Waals surface area contributed by atoms with Gasteiger partial charge in [0.25, 0.3) is 0 Å². The summed E-state index contributed by atoms with van der Waals surface area (Å²) in [5.74, 6) is -0.178. The largest absolute Gasteiger partial charge is 0.373 e. The summed E-state index contributed by atoms with van der Waals surface area (Å²) < 4.78 is 20.5. The van der Waals surface area contributed by atoms with Crippen LogP contribution in [0.2, 0.25) is 0 Å². The first-order valence-corrected chi connectivity index (χ1v) is 8.50. The van der Waals surface area contributed by atoms with E-state index in [4.69, 9.17) is 4.74 Å². The van der Waals surface area contributed by atoms with Crippen molar-refractivity contribution in [3.8, 4) is 11.1 Å². The minimum Gasteiger partial charge on any atom is -0.373 e. The molecule has 24 heavy (non-hydrogen) atoms. The third kappa shape index (κ3) is 3.64. The molecule has 2 unspecified atom stereocenters. The van der Waals surface area contributed by atoms with Crippen LogP contribution in [0.5, 0.6) is 0 Å². The molecule has 2 aliphatic rings. The van der Waals surface area contributed by atoms with Crippen molar-refractivity contribution in [2.75, 3.05) is 0 Å². The fraction of sp³-hybridized carbons (Fsp3) is 0.400. The van der Waals surface area contributed by atoms with Crippen LogP contribution in [-0.4, -0.2) is 18.2 Å². The van der Waals surface area contributed by atoms with Gasteiger partial charge < -0.3 is 10.1 Å². The molecular formula is C20H23ClFNO. The summed E-state index contributed by atoms with van der Waals surface area (Å²) in [6.07, 6.45) is 4.84. The second kappa shape index (κ2) is 7.64. The molecule has 2 aromatic carbocycles. The zero-order valence-corrected chi connectivity index (χ0v) is 14.4. The van der Waals surface area contributed by atoms with E-state index < -0.39 is 0 Å². The van der Waals surface area contributed by atoms with Gasteiger partial charge in [-0.3, -0.25) is 0 Å². The fourth-order valence-corrected chi connectivity index (χ4v) is 3.94. The highest BCUT2D eigenvalue weighted by atomic mass is 35.5. The molecule has 4 heteroatoms. The molecule has 2 aromatic rings. The van der Waals surface area contributed by atoms with Gasteiger partial charge in [-0.25, -0.2) is 4.39 Å². The lowest BCUT2D eigenvalue weighted by atomic mass is 9.99. The van der Waals surface area contributed by atoms with Crippen molar-refractivity contribution < 1.29 is 9.13 Å². The molecule has 4 rings (SSSR count). The van der Waals surface area contributed by atoms with E-state index in [9.17, 15) is 4.39 Å². The molecule has 128 valence electrons. The molecule has 2 saturated heterocycles. The van der Waals surface area contributed by atoms with Gasteiger partial charge in [0.2, 0.25) is 0 Å². The number of fused-ring (bicyclic) bond motifs is 2. The van der Waals surface area contributed by atoms with E-state index in [1.165, 1.54) is 18.9 Å². The lowest BCUT2D eigenvalue weighted by molar-refractivity contribution is 0.00821. The molecule has 0 amide bonds. The van der Waals surface area contributed by atoms with Gasteiger partial charge in [-0.15, -0.1) is 12.4 Å². The standard InChI is InChI=1S/C20H22FNO.ClH/c21-20-8-4-7-18(14-5-2-1-3-6-14)19(20)13-23-17-11-15-9-10-16(12-17)22-15;/h1-8,15-17,22H,9-13H2;1H. The smallest absolute Gasteiger partial charge is 0.129 e. The van der Waals surface area contributed by atoms with Gasteiger partial charge in [-0.1, -0.05) is 42.5 Å². The fourth-order valence-electron chi connectivity index (χ4n) is 3.94. The predicted octanol–water partition coefficient (Wildman–Crippen LogP) is 4.71. The van der Waals surface area contributed by atoms with Crippen molar-refractivity contribution in [1.82, 2.24) is 5.32 Å². The molecule has 0 aromatic heterocycles. The Morgan fingerprint density at radius 1 is 0.958 bits per heavy atom. The van der Waals surface area contributed by atoms with Crippen LogP contribution >= 0.6 is 12.4 Å². The molecule has 2 atom stereocenters. The quantitative estimate of drug-likeness (QED) is 0.864. The van der Waals surface area contributed by atoms with Crippen LogP contribution in [0, 0.1) is 5.82 Å². The summed E-state index contributed by atoms with van der Waals surface area (Å²) in [5, 5.41) is 3.61. The van der Waals surface area contributed by atoms with E-state index in [0.29, 0.717) is 24.3 Å². The van der Waals surface area contributed by atoms with E-state index in [-0.39, 0.29) is 24.3 Å². The molecule has 1 N–H and O–H groups in total. The molecule has 2 fully saturated rings. The highest BCUT2D eigenvalue weighted by molar-refractivity contribution is 5.85. The van der Waals surface area contributed by atoms with E-state index in [1.807, 2.05) is 36.4 Å². The Kier molecular flexibility index (Phi) is 5.54. The highest BCUT2D eigenvalue weighted by Crippen LogP contribution is 2.31. The van der Waals surface area contributed by atoms with Crippen molar-refractivity contribution >= 4 is 12.4 Å². The lowest BCUT2D eigenvalue weighted by Crippen LogP contribution is -2.41. The lowest BCUT2D eigenvalue weighted by Gasteiger charge is -2.29. The number of halogens is 2. The maximum absolute atomic E-state index is 14.4. The summed E-state index contributed by atoms with van der Waals surface area (Å²) in [4.78, 5) is 0. The number of rotatable bonds is 4. The number of benzene rings is 2. The van der Waals surface area contributed by atoms with E-state index >= 15 is 0 Å². The van der Waals surface area contributed by atoms with Crippen molar-refractivity contribution in [3.63, 3.8) is 0 Å². The van der Waals surface area contributed by atoms with Crippen molar-refractivity contribution in [3.05, 3.63) is 59.9 Å². The summed E-state index contributed by atoms with van der Waals surface area (Å²) in [5.41, 5.74) is 2.64. The predicted molar refractivity (Wildman–Crippen MR) is 96.8 cm³/mol. The third-order valence-corrected chi connectivity index (χ3v) is 5.10. The Morgan fingerprint density at radius 2 is 1.67 bits per heavy atom. The van der Waals surface area contributed by atoms with Crippen LogP contribution < -0.4 is 5.32 Å². The topological polar surface area (TPSA) is 21.3 Å². The van der Waals surface area contributed by atoms with Gasteiger partial charge in [0.1, 0.15) is 5.82 Å². The molecule has 0 aliphatic carbocycles. The van der Waals surface area contributed by atoms with E-state index in [2.05, 4.69) is 5.32 Å². The van der Waals surface area contributed by atoms with Crippen LogP contribution in [0.4, 0.5) is 4.39 Å². The molecule has 0 radical (unpaired) electrons. The first-order valence-electron chi connectivity index (χ1n) is 8.50. The van der Waals surface area contributed by atoms with Gasteiger partial charge in [-0.2, -0.15) is 0 Å². The van der Waals surface area contributed by atoms with E-state index in [1.54, 1.807) is 6.07 Å². The molecule has 2 nitrogen and oxygen atoms in total. The second-order valence-corrected chi connectivity index (χ2v) is 6.67. The van der Waals surface area contributed by atoms with Gasteiger partial charge in [0.15, 0.2) is 0 Å². The molecule has 0 saturated carbocycles. The molecule has 2 heterocycles. The maximum atomic E-state index is 14.4. The monoisotopic (exact) mass is 347 g/mol. The highest BCUT2D eigenvalue weighted by Gasteiger charge is 2.34. The normalized spacial score (nSPS) is 25.3. The van der Waals surface area contributed by atoms with Crippen molar-refractivity contribution in [2.24, 2.45) is 0 Å². The molecule has 2 bridgehead atoms. The SMILES string of the molecule is Cl.Fc1cccc(-c2ccccc2)c1COC1CC2CCC(C1)N2. The van der Waals surface area contributed by atoms with Crippen LogP contribution in [0.15, 0.2) is 48.5 Å². The Morgan fingerprint density at radius 3 is 2.38 bits per heavy atom. The van der Waals surface area contributed by atoms with Crippen LogP contribution in [0.3, 0.4) is 0 Å². The second-order valence-electron chi connectivity index (χ2n) is 6.67. The van der Waals surface area contributed by atoms with E-state index in [0.717, 1.165) is 24.0 Å². The van der Waals surface area contributed by atoms with Crippen LogP contribution in [0.1, 0.15) is 31.2 Å². The molecule has 2 aliphatic heterocycles. The Bertz CT molecular complexity index is 667.